The normalized spacial score (nSPS) is 6.00. The molecule has 4 heteroatoms. The molecule has 0 unspecified atom stereocenters. The van der Waals surface area contributed by atoms with Gasteiger partial charge < -0.3 is 9.94 Å². The average Bonchev–Trinajstić information content (AvgIpc) is 1.75. The molecule has 0 radical (unpaired) electrons. The molecule has 0 heterocycles. The van der Waals surface area contributed by atoms with Crippen LogP contribution >= 0.6 is 12.4 Å². The van der Waals surface area contributed by atoms with Crippen molar-refractivity contribution in [2.75, 3.05) is 13.2 Å². The van der Waals surface area contributed by atoms with Crippen molar-refractivity contribution in [1.29, 1.82) is 0 Å². The van der Waals surface area contributed by atoms with Crippen LogP contribution in [0.3, 0.4) is 0 Å². The Morgan fingerprint density at radius 2 is 1.50 bits per heavy atom. The Labute approximate surface area is 56.2 Å². The molecule has 0 spiro atoms. The van der Waals surface area contributed by atoms with Crippen LogP contribution in [0.1, 0.15) is 13.8 Å². The molecule has 0 aliphatic carbocycles. The molecule has 0 aromatic rings. The van der Waals surface area contributed by atoms with E-state index in [1.165, 1.54) is 0 Å². The molecule has 0 aliphatic rings. The van der Waals surface area contributed by atoms with E-state index in [0.29, 0.717) is 0 Å². The number of nitrogens with two attached hydrogens (primary N) is 1. The molecule has 3 N–H and O–H groups in total. The molecular weight excluding hydrogens is 130 g/mol. The summed E-state index contributed by atoms with van der Waals surface area (Å²) in [6.07, 6.45) is 0. The predicted octanol–water partition coefficient (Wildman–Crippen LogP) is 0.799. The zero-order valence-corrected chi connectivity index (χ0v) is 6.07. The third-order valence-corrected chi connectivity index (χ3v) is 0.408. The highest BCUT2D eigenvalue weighted by atomic mass is 35.5. The molecule has 8 heavy (non-hydrogen) atoms. The third kappa shape index (κ3) is 35.0. The lowest BCUT2D eigenvalue weighted by Crippen LogP contribution is -1.84. The van der Waals surface area contributed by atoms with Gasteiger partial charge in [0.05, 0.1) is 0 Å². The van der Waals surface area contributed by atoms with Gasteiger partial charge in [-0.1, -0.05) is 0 Å². The van der Waals surface area contributed by atoms with E-state index in [2.05, 4.69) is 5.90 Å². The fraction of sp³-hybridized carbons (Fsp3) is 1.00. The number of rotatable bonds is 2. The van der Waals surface area contributed by atoms with Crippen LogP contribution in [0.4, 0.5) is 0 Å². The maximum Gasteiger partial charge on any atom is 0.0437 e. The second-order valence-electron chi connectivity index (χ2n) is 0.781. The minimum Gasteiger partial charge on any atom is -0.382 e. The minimum atomic E-state index is 0. The van der Waals surface area contributed by atoms with Gasteiger partial charge in [0.2, 0.25) is 0 Å². The number of hydrogen-bond donors (Lipinski definition) is 2. The zero-order valence-electron chi connectivity index (χ0n) is 5.26. The van der Waals surface area contributed by atoms with E-state index in [-0.39, 0.29) is 12.4 Å². The van der Waals surface area contributed by atoms with E-state index in [0.717, 1.165) is 13.2 Å². The van der Waals surface area contributed by atoms with Gasteiger partial charge in [-0.15, -0.1) is 12.4 Å². The summed E-state index contributed by atoms with van der Waals surface area (Å²) in [5, 5.41) is 6.50. The molecule has 54 valence electrons. The third-order valence-electron chi connectivity index (χ3n) is 0.408. The van der Waals surface area contributed by atoms with E-state index >= 15 is 0 Å². The molecule has 0 aromatic carbocycles. The van der Waals surface area contributed by atoms with Crippen LogP contribution in [0, 0.1) is 0 Å². The fourth-order valence-electron chi connectivity index (χ4n) is 0.204. The van der Waals surface area contributed by atoms with Crippen molar-refractivity contribution in [2.45, 2.75) is 13.8 Å². The molecule has 0 aliphatic heterocycles. The van der Waals surface area contributed by atoms with Crippen molar-refractivity contribution in [3.63, 3.8) is 0 Å². The minimum absolute atomic E-state index is 0. The Morgan fingerprint density at radius 1 is 1.25 bits per heavy atom. The molecule has 3 nitrogen and oxygen atoms in total. The van der Waals surface area contributed by atoms with Crippen LogP contribution < -0.4 is 5.90 Å². The summed E-state index contributed by atoms with van der Waals surface area (Å²) in [7, 11) is 0. The van der Waals surface area contributed by atoms with Crippen LogP contribution in [0.2, 0.25) is 0 Å². The van der Waals surface area contributed by atoms with Gasteiger partial charge in [0.15, 0.2) is 0 Å². The number of ether oxygens (including phenoxy) is 1. The molecule has 0 saturated carbocycles. The van der Waals surface area contributed by atoms with Gasteiger partial charge in [0.1, 0.15) is 0 Å². The highest BCUT2D eigenvalue weighted by molar-refractivity contribution is 5.85. The van der Waals surface area contributed by atoms with Gasteiger partial charge in [-0.2, -0.15) is 0 Å². The average molecular weight is 144 g/mol. The molecule has 0 bridgehead atoms. The predicted molar refractivity (Wildman–Crippen MR) is 35.4 cm³/mol. The highest BCUT2D eigenvalue weighted by Crippen LogP contribution is 1.64. The first-order valence-corrected chi connectivity index (χ1v) is 2.25. The quantitative estimate of drug-likeness (QED) is 0.563. The van der Waals surface area contributed by atoms with E-state index in [1.807, 2.05) is 13.8 Å². The Morgan fingerprint density at radius 3 is 1.50 bits per heavy atom. The van der Waals surface area contributed by atoms with Crippen molar-refractivity contribution in [3.05, 3.63) is 0 Å². The molecule has 0 fully saturated rings. The molecule has 0 aromatic heterocycles. The van der Waals surface area contributed by atoms with E-state index in [1.54, 1.807) is 0 Å². The van der Waals surface area contributed by atoms with Crippen LogP contribution in [-0.2, 0) is 4.74 Å². The van der Waals surface area contributed by atoms with E-state index < -0.39 is 0 Å². The topological polar surface area (TPSA) is 55.5 Å². The number of halogens is 1. The molecular formula is C4H14ClNO2. The standard InChI is InChI=1S/C4H10O.ClH.H3NO/c1-3-5-4-2;;1-2/h3-4H2,1-2H3;1H;2H,1H2. The van der Waals surface area contributed by atoms with Gasteiger partial charge >= 0.3 is 0 Å². The smallest absolute Gasteiger partial charge is 0.0437 e. The molecule has 0 rings (SSSR count). The number of hydrogen-bond acceptors (Lipinski definition) is 3. The van der Waals surface area contributed by atoms with Crippen LogP contribution in [0.5, 0.6) is 0 Å². The Bertz CT molecular complexity index is 21.5. The Balaban J connectivity index is -0.0000000750. The second kappa shape index (κ2) is 27.2. The van der Waals surface area contributed by atoms with Crippen molar-refractivity contribution in [3.8, 4) is 0 Å². The lowest BCUT2D eigenvalue weighted by Gasteiger charge is -1.86. The summed E-state index contributed by atoms with van der Waals surface area (Å²) in [6.45, 7) is 5.67. The highest BCUT2D eigenvalue weighted by Gasteiger charge is 1.64. The van der Waals surface area contributed by atoms with E-state index in [9.17, 15) is 0 Å². The van der Waals surface area contributed by atoms with Gasteiger partial charge in [0, 0.05) is 13.2 Å². The lowest BCUT2D eigenvalue weighted by molar-refractivity contribution is 0.162. The second-order valence-corrected chi connectivity index (χ2v) is 0.781. The zero-order chi connectivity index (χ0) is 6.12. The van der Waals surface area contributed by atoms with E-state index in [4.69, 9.17) is 9.94 Å². The maximum absolute atomic E-state index is 6.50. The fourth-order valence-corrected chi connectivity index (χ4v) is 0.204. The molecule has 0 saturated heterocycles. The maximum atomic E-state index is 6.50. The summed E-state index contributed by atoms with van der Waals surface area (Å²) in [4.78, 5) is 0. The first kappa shape index (κ1) is 15.7. The van der Waals surface area contributed by atoms with Gasteiger partial charge in [-0.25, -0.2) is 5.90 Å². The van der Waals surface area contributed by atoms with Crippen molar-refractivity contribution >= 4 is 12.4 Å². The summed E-state index contributed by atoms with van der Waals surface area (Å²) >= 11 is 0. The van der Waals surface area contributed by atoms with Gasteiger partial charge in [0.25, 0.3) is 0 Å². The van der Waals surface area contributed by atoms with Crippen LogP contribution in [0.25, 0.3) is 0 Å². The van der Waals surface area contributed by atoms with Crippen molar-refractivity contribution < 1.29 is 9.94 Å². The van der Waals surface area contributed by atoms with Crippen LogP contribution in [-0.4, -0.2) is 18.4 Å². The summed E-state index contributed by atoms with van der Waals surface area (Å²) in [5.74, 6) is 3.50. The monoisotopic (exact) mass is 143 g/mol. The molecule has 0 amide bonds. The Hall–Kier alpha value is 0.170. The first-order valence-electron chi connectivity index (χ1n) is 2.25. The van der Waals surface area contributed by atoms with Crippen molar-refractivity contribution in [2.24, 2.45) is 5.90 Å². The summed E-state index contributed by atoms with van der Waals surface area (Å²) < 4.78 is 4.83. The Kier molecular flexibility index (Phi) is 53.4. The van der Waals surface area contributed by atoms with Crippen LogP contribution in [0.15, 0.2) is 0 Å². The molecule has 0 atom stereocenters. The summed E-state index contributed by atoms with van der Waals surface area (Å²) in [5.41, 5.74) is 0. The van der Waals surface area contributed by atoms with Gasteiger partial charge in [-0.3, -0.25) is 0 Å². The van der Waals surface area contributed by atoms with Gasteiger partial charge in [-0.05, 0) is 13.8 Å². The van der Waals surface area contributed by atoms with Crippen molar-refractivity contribution in [1.82, 2.24) is 0 Å². The first-order chi connectivity index (χ1) is 3.41. The SMILES string of the molecule is CCOCC.Cl.NO. The summed E-state index contributed by atoms with van der Waals surface area (Å²) in [6, 6.07) is 0. The lowest BCUT2D eigenvalue weighted by atomic mass is 10.8. The largest absolute Gasteiger partial charge is 0.382 e.